The quantitative estimate of drug-likeness (QED) is 0.463. The van der Waals surface area contributed by atoms with Gasteiger partial charge in [-0.1, -0.05) is 6.58 Å². The average Bonchev–Trinajstić information content (AvgIpc) is 2.84. The second-order valence-electron chi connectivity index (χ2n) is 3.43. The maximum atomic E-state index is 10.5. The molecule has 0 fully saturated rings. The Kier molecular flexibility index (Phi) is 3.29. The second-order valence-corrected chi connectivity index (χ2v) is 3.43. The summed E-state index contributed by atoms with van der Waals surface area (Å²) < 4.78 is 1.72. The molecule has 0 aliphatic carbocycles. The topological polar surface area (TPSA) is 72.8 Å². The van der Waals surface area contributed by atoms with Crippen LogP contribution in [0.15, 0.2) is 59.4 Å². The summed E-state index contributed by atoms with van der Waals surface area (Å²) in [5.41, 5.74) is 0.584. The summed E-state index contributed by atoms with van der Waals surface area (Å²) in [5.74, 6) is 0.642. The van der Waals surface area contributed by atoms with Crippen LogP contribution in [0.2, 0.25) is 0 Å². The third kappa shape index (κ3) is 2.49. The van der Waals surface area contributed by atoms with E-state index in [0.29, 0.717) is 11.5 Å². The van der Waals surface area contributed by atoms with Crippen LogP contribution in [0.25, 0.3) is 6.20 Å². The van der Waals surface area contributed by atoms with E-state index in [9.17, 15) is 10.1 Å². The van der Waals surface area contributed by atoms with E-state index < -0.39 is 4.92 Å². The Morgan fingerprint density at radius 2 is 1.94 bits per heavy atom. The molecule has 1 aromatic heterocycles. The Bertz CT molecular complexity index is 599. The number of nitro groups is 1. The van der Waals surface area contributed by atoms with E-state index in [2.05, 4.69) is 16.8 Å². The van der Waals surface area contributed by atoms with E-state index in [0.717, 1.165) is 0 Å². The van der Waals surface area contributed by atoms with Crippen molar-refractivity contribution in [3.05, 3.63) is 59.3 Å². The number of nitrogens with zero attached hydrogens (tertiary/aromatic N) is 4. The van der Waals surface area contributed by atoms with Gasteiger partial charge in [0, 0.05) is 24.5 Å². The minimum atomic E-state index is -0.455. The molecule has 0 spiro atoms. The van der Waals surface area contributed by atoms with Crippen LogP contribution in [-0.2, 0) is 0 Å². The van der Waals surface area contributed by atoms with Gasteiger partial charge in [-0.25, -0.2) is 0 Å². The minimum Gasteiger partial charge on any atom is -0.308 e. The van der Waals surface area contributed by atoms with Gasteiger partial charge < -0.3 is 4.57 Å². The number of benzene rings is 1. The summed E-state index contributed by atoms with van der Waals surface area (Å²) in [5, 5.41) is 18.5. The monoisotopic (exact) mass is 242 g/mol. The summed E-state index contributed by atoms with van der Waals surface area (Å²) in [6, 6.07) is 9.48. The predicted molar refractivity (Wildman–Crippen MR) is 68.1 cm³/mol. The van der Waals surface area contributed by atoms with Gasteiger partial charge in [-0.2, -0.15) is 0 Å². The van der Waals surface area contributed by atoms with Crippen LogP contribution in [0.3, 0.4) is 0 Å². The molecule has 0 atom stereocenters. The van der Waals surface area contributed by atoms with Crippen molar-refractivity contribution in [2.45, 2.75) is 0 Å². The van der Waals surface area contributed by atoms with E-state index in [4.69, 9.17) is 0 Å². The summed E-state index contributed by atoms with van der Waals surface area (Å²) in [6.07, 6.45) is 3.42. The van der Waals surface area contributed by atoms with Gasteiger partial charge in [0.2, 0.25) is 0 Å². The fourth-order valence-electron chi connectivity index (χ4n) is 1.37. The van der Waals surface area contributed by atoms with Crippen molar-refractivity contribution in [2.75, 3.05) is 0 Å². The first-order chi connectivity index (χ1) is 8.70. The summed E-state index contributed by atoms with van der Waals surface area (Å²) in [7, 11) is 0. The lowest BCUT2D eigenvalue weighted by Gasteiger charge is -1.96. The molecule has 0 unspecified atom stereocenters. The molecular weight excluding hydrogens is 232 g/mol. The molecule has 0 amide bonds. The molecular formula is C12H10N4O2. The summed E-state index contributed by atoms with van der Waals surface area (Å²) >= 11 is 0. The molecule has 1 heterocycles. The highest BCUT2D eigenvalue weighted by Crippen LogP contribution is 2.21. The third-order valence-electron chi connectivity index (χ3n) is 2.28. The highest BCUT2D eigenvalue weighted by molar-refractivity contribution is 5.45. The fraction of sp³-hybridized carbons (Fsp3) is 0. The van der Waals surface area contributed by atoms with Crippen LogP contribution < -0.4 is 0 Å². The van der Waals surface area contributed by atoms with Crippen LogP contribution in [0.5, 0.6) is 0 Å². The number of nitro benzene ring substituents is 1. The summed E-state index contributed by atoms with van der Waals surface area (Å²) in [4.78, 5) is 10.0. The van der Waals surface area contributed by atoms with Crippen LogP contribution in [0, 0.1) is 10.1 Å². The predicted octanol–water partition coefficient (Wildman–Crippen LogP) is 3.91. The molecule has 0 aliphatic rings. The molecule has 6 heteroatoms. The van der Waals surface area contributed by atoms with Gasteiger partial charge in [0.15, 0.2) is 5.82 Å². The number of rotatable bonds is 4. The number of non-ortho nitro benzene ring substituents is 1. The number of hydrogen-bond acceptors (Lipinski definition) is 4. The van der Waals surface area contributed by atoms with Crippen LogP contribution >= 0.6 is 0 Å². The van der Waals surface area contributed by atoms with Crippen molar-refractivity contribution in [1.82, 2.24) is 4.57 Å². The van der Waals surface area contributed by atoms with Gasteiger partial charge in [0.05, 0.1) is 10.6 Å². The van der Waals surface area contributed by atoms with Crippen molar-refractivity contribution in [3.63, 3.8) is 0 Å². The molecule has 2 aromatic rings. The zero-order valence-corrected chi connectivity index (χ0v) is 9.43. The van der Waals surface area contributed by atoms with Crippen molar-refractivity contribution in [3.8, 4) is 0 Å². The van der Waals surface area contributed by atoms with E-state index in [1.54, 1.807) is 35.2 Å². The molecule has 18 heavy (non-hydrogen) atoms. The minimum absolute atomic E-state index is 0.0309. The van der Waals surface area contributed by atoms with Gasteiger partial charge in [0.25, 0.3) is 5.69 Å². The maximum Gasteiger partial charge on any atom is 0.269 e. The van der Waals surface area contributed by atoms with E-state index >= 15 is 0 Å². The molecule has 6 nitrogen and oxygen atoms in total. The van der Waals surface area contributed by atoms with Crippen molar-refractivity contribution in [2.24, 2.45) is 10.2 Å². The van der Waals surface area contributed by atoms with E-state index in [1.807, 2.05) is 6.07 Å². The molecule has 0 N–H and O–H groups in total. The third-order valence-corrected chi connectivity index (χ3v) is 2.28. The first-order valence-electron chi connectivity index (χ1n) is 5.16. The Labute approximate surface area is 103 Å². The number of azo groups is 1. The van der Waals surface area contributed by atoms with Crippen LogP contribution in [-0.4, -0.2) is 9.49 Å². The molecule has 2 rings (SSSR count). The Balaban J connectivity index is 2.19. The lowest BCUT2D eigenvalue weighted by molar-refractivity contribution is -0.384. The summed E-state index contributed by atoms with van der Waals surface area (Å²) in [6.45, 7) is 3.64. The Morgan fingerprint density at radius 1 is 1.22 bits per heavy atom. The van der Waals surface area contributed by atoms with E-state index in [1.165, 1.54) is 12.1 Å². The van der Waals surface area contributed by atoms with Crippen molar-refractivity contribution < 1.29 is 4.92 Å². The van der Waals surface area contributed by atoms with Crippen molar-refractivity contribution >= 4 is 23.4 Å². The number of aromatic nitrogens is 1. The molecule has 0 radical (unpaired) electrons. The molecule has 0 aliphatic heterocycles. The van der Waals surface area contributed by atoms with Crippen LogP contribution in [0.4, 0.5) is 17.2 Å². The van der Waals surface area contributed by atoms with Gasteiger partial charge >= 0.3 is 0 Å². The first-order valence-corrected chi connectivity index (χ1v) is 5.16. The SMILES string of the molecule is C=Cn1cccc1N=Nc1ccc([N+](=O)[O-])cc1. The highest BCUT2D eigenvalue weighted by atomic mass is 16.6. The lowest BCUT2D eigenvalue weighted by atomic mass is 10.3. The highest BCUT2D eigenvalue weighted by Gasteiger charge is 2.03. The zero-order chi connectivity index (χ0) is 13.0. The average molecular weight is 242 g/mol. The molecule has 1 aromatic carbocycles. The second kappa shape index (κ2) is 5.05. The molecule has 0 saturated heterocycles. The fourth-order valence-corrected chi connectivity index (χ4v) is 1.37. The van der Waals surface area contributed by atoms with Gasteiger partial charge in [-0.15, -0.1) is 10.2 Å². The Hall–Kier alpha value is -2.76. The standard InChI is InChI=1S/C12H10N4O2/c1-2-15-9-3-4-12(15)14-13-10-5-7-11(8-6-10)16(17)18/h2-9H,1H2. The molecule has 90 valence electrons. The van der Waals surface area contributed by atoms with E-state index in [-0.39, 0.29) is 5.69 Å². The smallest absolute Gasteiger partial charge is 0.269 e. The first kappa shape index (κ1) is 11.7. The van der Waals surface area contributed by atoms with Gasteiger partial charge in [-0.3, -0.25) is 10.1 Å². The lowest BCUT2D eigenvalue weighted by Crippen LogP contribution is -1.85. The van der Waals surface area contributed by atoms with Gasteiger partial charge in [0.1, 0.15) is 0 Å². The molecule has 0 saturated carbocycles. The normalized spacial score (nSPS) is 10.7. The van der Waals surface area contributed by atoms with Crippen molar-refractivity contribution in [1.29, 1.82) is 0 Å². The maximum absolute atomic E-state index is 10.5. The van der Waals surface area contributed by atoms with Crippen LogP contribution in [0.1, 0.15) is 0 Å². The molecule has 0 bridgehead atoms. The Morgan fingerprint density at radius 3 is 2.56 bits per heavy atom. The number of hydrogen-bond donors (Lipinski definition) is 0. The largest absolute Gasteiger partial charge is 0.308 e. The van der Waals surface area contributed by atoms with Gasteiger partial charge in [-0.05, 0) is 24.3 Å². The zero-order valence-electron chi connectivity index (χ0n) is 9.43.